The normalized spacial score (nSPS) is 24.7. The molecule has 0 unspecified atom stereocenters. The molecule has 0 spiro atoms. The van der Waals surface area contributed by atoms with Gasteiger partial charge in [0.15, 0.2) is 0 Å². The molecule has 0 radical (unpaired) electrons. The highest BCUT2D eigenvalue weighted by Crippen LogP contribution is 2.53. The monoisotopic (exact) mass is 577 g/mol. The number of carboxylic acids is 1. The molecule has 6 rings (SSSR count). The summed E-state index contributed by atoms with van der Waals surface area (Å²) in [7, 11) is 0. The molecule has 2 N–H and O–H groups in total. The van der Waals surface area contributed by atoms with Crippen molar-refractivity contribution in [3.8, 4) is 5.88 Å². The number of nitrogens with zero attached hydrogens (tertiary/aromatic N) is 4. The molecule has 2 heterocycles. The molecule has 4 aliphatic carbocycles. The molecule has 0 atom stereocenters. The van der Waals surface area contributed by atoms with Crippen LogP contribution in [0.25, 0.3) is 6.20 Å². The van der Waals surface area contributed by atoms with Crippen LogP contribution in [0.5, 0.6) is 5.88 Å². The standard InChI is InChI=1S/C32H43N5O5/c1-20(2)19-42-30-26(29(40)35-28-23-12-21-11-22(14-23)15-24(28)13-21)16-34-37(30)10-8-32(3,4)31(41)36(18-27(38)39)17-25-7-5-6-9-33-25/h5-10,16,20-24,28H,11-15,17-19H2,1-4H3,(H,35,40)(H,38,39)/b10-8+. The van der Waals surface area contributed by atoms with Crippen LogP contribution in [0.1, 0.15) is 75.9 Å². The summed E-state index contributed by atoms with van der Waals surface area (Å²) < 4.78 is 7.60. The van der Waals surface area contributed by atoms with E-state index in [1.54, 1.807) is 50.5 Å². The van der Waals surface area contributed by atoms with Crippen LogP contribution in [0, 0.1) is 35.0 Å². The topological polar surface area (TPSA) is 127 Å². The lowest BCUT2D eigenvalue weighted by atomic mass is 9.54. The van der Waals surface area contributed by atoms with E-state index in [1.807, 2.05) is 13.8 Å². The number of pyridine rings is 1. The number of hydrogen-bond donors (Lipinski definition) is 2. The highest BCUT2D eigenvalue weighted by molar-refractivity contribution is 5.96. The lowest BCUT2D eigenvalue weighted by Gasteiger charge is -2.54. The van der Waals surface area contributed by atoms with E-state index in [0.29, 0.717) is 35.6 Å². The van der Waals surface area contributed by atoms with E-state index >= 15 is 0 Å². The molecule has 10 nitrogen and oxygen atoms in total. The fraction of sp³-hybridized carbons (Fsp3) is 0.594. The second-order valence-electron chi connectivity index (χ2n) is 13.4. The van der Waals surface area contributed by atoms with Crippen molar-refractivity contribution in [3.63, 3.8) is 0 Å². The molecule has 42 heavy (non-hydrogen) atoms. The van der Waals surface area contributed by atoms with Crippen molar-refractivity contribution in [2.75, 3.05) is 13.2 Å². The van der Waals surface area contributed by atoms with E-state index < -0.39 is 17.9 Å². The summed E-state index contributed by atoms with van der Waals surface area (Å²) >= 11 is 0. The minimum absolute atomic E-state index is 0.0722. The first kappa shape index (κ1) is 29.8. The Kier molecular flexibility index (Phi) is 8.70. The Morgan fingerprint density at radius 3 is 2.43 bits per heavy atom. The van der Waals surface area contributed by atoms with E-state index in [4.69, 9.17) is 4.74 Å². The average molecular weight is 578 g/mol. The van der Waals surface area contributed by atoms with Gasteiger partial charge in [0.2, 0.25) is 11.8 Å². The summed E-state index contributed by atoms with van der Waals surface area (Å²) in [6.07, 6.45) is 12.6. The minimum Gasteiger partial charge on any atom is -0.480 e. The van der Waals surface area contributed by atoms with E-state index in [0.717, 1.165) is 11.8 Å². The van der Waals surface area contributed by atoms with Gasteiger partial charge in [-0.1, -0.05) is 26.0 Å². The van der Waals surface area contributed by atoms with Crippen LogP contribution in [0.3, 0.4) is 0 Å². The Morgan fingerprint density at radius 1 is 1.14 bits per heavy atom. The highest BCUT2D eigenvalue weighted by Gasteiger charge is 2.48. The third-order valence-corrected chi connectivity index (χ3v) is 8.95. The first-order valence-corrected chi connectivity index (χ1v) is 15.1. The predicted molar refractivity (Wildman–Crippen MR) is 157 cm³/mol. The van der Waals surface area contributed by atoms with E-state index in [9.17, 15) is 19.5 Å². The first-order chi connectivity index (χ1) is 20.0. The fourth-order valence-corrected chi connectivity index (χ4v) is 7.18. The molecule has 4 aliphatic rings. The van der Waals surface area contributed by atoms with Crippen LogP contribution in [-0.2, 0) is 16.1 Å². The van der Waals surface area contributed by atoms with Crippen LogP contribution in [0.4, 0.5) is 0 Å². The van der Waals surface area contributed by atoms with Crippen molar-refractivity contribution >= 4 is 24.0 Å². The molecule has 4 fully saturated rings. The molecule has 0 saturated heterocycles. The maximum absolute atomic E-state index is 13.6. The van der Waals surface area contributed by atoms with Crippen molar-refractivity contribution in [3.05, 3.63) is 47.9 Å². The Hall–Kier alpha value is -3.69. The van der Waals surface area contributed by atoms with Crippen LogP contribution in [0.2, 0.25) is 0 Å². The number of aliphatic carboxylic acids is 1. The van der Waals surface area contributed by atoms with Gasteiger partial charge < -0.3 is 20.1 Å². The summed E-state index contributed by atoms with van der Waals surface area (Å²) in [6.45, 7) is 7.52. The van der Waals surface area contributed by atoms with Gasteiger partial charge >= 0.3 is 5.97 Å². The molecule has 4 bridgehead atoms. The quantitative estimate of drug-likeness (QED) is 0.381. The van der Waals surface area contributed by atoms with Crippen LogP contribution >= 0.6 is 0 Å². The Bertz CT molecular complexity index is 1290. The Balaban J connectivity index is 1.34. The van der Waals surface area contributed by atoms with Crippen molar-refractivity contribution in [1.82, 2.24) is 25.0 Å². The van der Waals surface area contributed by atoms with Crippen molar-refractivity contribution < 1.29 is 24.2 Å². The smallest absolute Gasteiger partial charge is 0.323 e. The van der Waals surface area contributed by atoms with Gasteiger partial charge in [-0.25, -0.2) is 4.68 Å². The summed E-state index contributed by atoms with van der Waals surface area (Å²) in [5, 5.41) is 17.2. The van der Waals surface area contributed by atoms with Gasteiger partial charge in [0.1, 0.15) is 12.1 Å². The number of carbonyl (C=O) groups excluding carboxylic acids is 2. The number of aromatic nitrogens is 3. The van der Waals surface area contributed by atoms with Gasteiger partial charge in [0, 0.05) is 18.4 Å². The summed E-state index contributed by atoms with van der Waals surface area (Å²) in [5.41, 5.74) is -0.104. The van der Waals surface area contributed by atoms with Crippen LogP contribution in [-0.4, -0.2) is 61.7 Å². The Labute approximate surface area is 247 Å². The lowest BCUT2D eigenvalue weighted by molar-refractivity contribution is -0.148. The zero-order valence-corrected chi connectivity index (χ0v) is 25.0. The number of hydrogen-bond acceptors (Lipinski definition) is 6. The molecule has 2 aromatic heterocycles. The molecule has 0 aromatic carbocycles. The summed E-state index contributed by atoms with van der Waals surface area (Å²) in [4.78, 5) is 44.2. The van der Waals surface area contributed by atoms with Crippen molar-refractivity contribution in [2.45, 2.75) is 72.4 Å². The summed E-state index contributed by atoms with van der Waals surface area (Å²) in [5.74, 6) is 1.64. The molecule has 10 heteroatoms. The minimum atomic E-state index is -1.11. The maximum atomic E-state index is 13.6. The number of nitrogens with one attached hydrogen (secondary N) is 1. The van der Waals surface area contributed by atoms with Crippen LogP contribution < -0.4 is 10.1 Å². The largest absolute Gasteiger partial charge is 0.480 e. The molecule has 226 valence electrons. The third kappa shape index (κ3) is 6.68. The van der Waals surface area contributed by atoms with Gasteiger partial charge in [0.05, 0.1) is 30.5 Å². The predicted octanol–water partition coefficient (Wildman–Crippen LogP) is 4.48. The maximum Gasteiger partial charge on any atom is 0.323 e. The highest BCUT2D eigenvalue weighted by atomic mass is 16.5. The van der Waals surface area contributed by atoms with E-state index in [2.05, 4.69) is 15.4 Å². The zero-order chi connectivity index (χ0) is 30.0. The third-order valence-electron chi connectivity index (χ3n) is 8.95. The number of carbonyl (C=O) groups is 3. The van der Waals surface area contributed by atoms with Crippen molar-refractivity contribution in [2.24, 2.45) is 35.0 Å². The molecule has 2 amide bonds. The fourth-order valence-electron chi connectivity index (χ4n) is 7.18. The van der Waals surface area contributed by atoms with E-state index in [-0.39, 0.29) is 30.3 Å². The molecule has 4 saturated carbocycles. The van der Waals surface area contributed by atoms with Crippen LogP contribution in [0.15, 0.2) is 36.7 Å². The molecule has 2 aromatic rings. The number of carboxylic acid groups (broad SMARTS) is 1. The van der Waals surface area contributed by atoms with Gasteiger partial charge in [-0.15, -0.1) is 0 Å². The van der Waals surface area contributed by atoms with Gasteiger partial charge in [-0.2, -0.15) is 5.10 Å². The van der Waals surface area contributed by atoms with Gasteiger partial charge in [-0.3, -0.25) is 19.4 Å². The Morgan fingerprint density at radius 2 is 1.83 bits per heavy atom. The second-order valence-corrected chi connectivity index (χ2v) is 13.4. The first-order valence-electron chi connectivity index (χ1n) is 15.1. The van der Waals surface area contributed by atoms with Gasteiger partial charge in [-0.05, 0) is 87.7 Å². The van der Waals surface area contributed by atoms with E-state index in [1.165, 1.54) is 47.9 Å². The van der Waals surface area contributed by atoms with Gasteiger partial charge in [0.25, 0.3) is 5.91 Å². The number of amides is 2. The molecular weight excluding hydrogens is 534 g/mol. The summed E-state index contributed by atoms with van der Waals surface area (Å²) in [6, 6.07) is 5.51. The zero-order valence-electron chi connectivity index (χ0n) is 25.0. The molecular formula is C32H43N5O5. The lowest BCUT2D eigenvalue weighted by Crippen LogP contribution is -2.55. The van der Waals surface area contributed by atoms with Crippen molar-refractivity contribution in [1.29, 1.82) is 0 Å². The number of ether oxygens (including phenoxy) is 1. The SMILES string of the molecule is CC(C)COc1c(C(=O)NC2C3CC4CC(C3)CC2C4)cnn1/C=C/C(C)(C)C(=O)N(CC(=O)O)Cc1ccccn1. The average Bonchev–Trinajstić information content (AvgIpc) is 3.35. The molecule has 0 aliphatic heterocycles. The second kappa shape index (κ2) is 12.3. The number of rotatable bonds is 12.